The summed E-state index contributed by atoms with van der Waals surface area (Å²) in [6, 6.07) is 1.77. The van der Waals surface area contributed by atoms with Gasteiger partial charge in [-0.2, -0.15) is 0 Å². The lowest BCUT2D eigenvalue weighted by molar-refractivity contribution is -0.137. The highest BCUT2D eigenvalue weighted by Gasteiger charge is 2.23. The number of carboxylic acids is 1. The van der Waals surface area contributed by atoms with E-state index in [0.717, 1.165) is 5.56 Å². The first-order valence-electron chi connectivity index (χ1n) is 5.89. The lowest BCUT2D eigenvalue weighted by atomic mass is 10.2. The Morgan fingerprint density at radius 2 is 2.00 bits per heavy atom. The molecule has 0 saturated carbocycles. The maximum atomic E-state index is 12.2. The predicted molar refractivity (Wildman–Crippen MR) is 66.6 cm³/mol. The standard InChI is InChI=1S/C13H19NO4/c1-8(2)6-14(7-11(15)16)13(17)12-9(3)5-10(4)18-12/h5,8H,6-7H2,1-4H3,(H,15,16). The van der Waals surface area contributed by atoms with Crippen LogP contribution in [0, 0.1) is 19.8 Å². The van der Waals surface area contributed by atoms with Crippen molar-refractivity contribution in [1.82, 2.24) is 4.90 Å². The summed E-state index contributed by atoms with van der Waals surface area (Å²) in [5, 5.41) is 8.84. The zero-order valence-corrected chi connectivity index (χ0v) is 11.2. The van der Waals surface area contributed by atoms with Crippen LogP contribution in [0.1, 0.15) is 35.7 Å². The molecular weight excluding hydrogens is 234 g/mol. The van der Waals surface area contributed by atoms with Crippen LogP contribution in [0.4, 0.5) is 0 Å². The summed E-state index contributed by atoms with van der Waals surface area (Å²) < 4.78 is 5.34. The highest BCUT2D eigenvalue weighted by atomic mass is 16.4. The maximum Gasteiger partial charge on any atom is 0.323 e. The van der Waals surface area contributed by atoms with E-state index < -0.39 is 5.97 Å². The van der Waals surface area contributed by atoms with Crippen LogP contribution in [0.2, 0.25) is 0 Å². The number of hydrogen-bond acceptors (Lipinski definition) is 3. The fourth-order valence-electron chi connectivity index (χ4n) is 1.82. The number of carboxylic acid groups (broad SMARTS) is 1. The minimum absolute atomic E-state index is 0.199. The second-order valence-electron chi connectivity index (χ2n) is 4.84. The molecule has 1 aromatic heterocycles. The summed E-state index contributed by atoms with van der Waals surface area (Å²) in [4.78, 5) is 24.3. The van der Waals surface area contributed by atoms with Gasteiger partial charge >= 0.3 is 5.97 Å². The van der Waals surface area contributed by atoms with Gasteiger partial charge in [-0.05, 0) is 25.8 Å². The van der Waals surface area contributed by atoms with Crippen LogP contribution < -0.4 is 0 Å². The number of hydrogen-bond donors (Lipinski definition) is 1. The topological polar surface area (TPSA) is 70.8 Å². The average Bonchev–Trinajstić information content (AvgIpc) is 2.54. The Morgan fingerprint density at radius 1 is 1.39 bits per heavy atom. The van der Waals surface area contributed by atoms with Crippen LogP contribution in [-0.2, 0) is 4.79 Å². The second-order valence-corrected chi connectivity index (χ2v) is 4.84. The van der Waals surface area contributed by atoms with Gasteiger partial charge in [-0.15, -0.1) is 0 Å². The molecule has 0 aliphatic carbocycles. The monoisotopic (exact) mass is 253 g/mol. The highest BCUT2D eigenvalue weighted by molar-refractivity contribution is 5.94. The van der Waals surface area contributed by atoms with Gasteiger partial charge < -0.3 is 14.4 Å². The summed E-state index contributed by atoms with van der Waals surface area (Å²) in [7, 11) is 0. The van der Waals surface area contributed by atoms with Crippen molar-refractivity contribution in [2.45, 2.75) is 27.7 Å². The fraction of sp³-hybridized carbons (Fsp3) is 0.538. The quantitative estimate of drug-likeness (QED) is 0.872. The summed E-state index contributed by atoms with van der Waals surface area (Å²) in [6.45, 7) is 7.48. The molecule has 0 unspecified atom stereocenters. The lowest BCUT2D eigenvalue weighted by Crippen LogP contribution is -2.38. The first kappa shape index (κ1) is 14.3. The number of carbonyl (C=O) groups is 2. The summed E-state index contributed by atoms with van der Waals surface area (Å²) in [6.07, 6.45) is 0. The molecule has 0 aromatic carbocycles. The van der Waals surface area contributed by atoms with Crippen molar-refractivity contribution in [2.24, 2.45) is 5.92 Å². The van der Waals surface area contributed by atoms with E-state index in [0.29, 0.717) is 12.3 Å². The Labute approximate surface area is 106 Å². The number of carbonyl (C=O) groups excluding carboxylic acids is 1. The number of aliphatic carboxylic acids is 1. The third-order valence-corrected chi connectivity index (χ3v) is 2.43. The van der Waals surface area contributed by atoms with E-state index in [-0.39, 0.29) is 24.1 Å². The molecule has 1 N–H and O–H groups in total. The molecule has 0 aliphatic rings. The first-order valence-corrected chi connectivity index (χ1v) is 5.89. The molecule has 100 valence electrons. The number of amides is 1. The van der Waals surface area contributed by atoms with Gasteiger partial charge in [0.15, 0.2) is 5.76 Å². The summed E-state index contributed by atoms with van der Waals surface area (Å²) >= 11 is 0. The number of aryl methyl sites for hydroxylation is 2. The van der Waals surface area contributed by atoms with Gasteiger partial charge in [0, 0.05) is 12.1 Å². The van der Waals surface area contributed by atoms with E-state index in [1.807, 2.05) is 13.8 Å². The zero-order valence-electron chi connectivity index (χ0n) is 11.2. The van der Waals surface area contributed by atoms with Crippen molar-refractivity contribution in [2.75, 3.05) is 13.1 Å². The SMILES string of the molecule is Cc1cc(C)c(C(=O)N(CC(=O)O)CC(C)C)o1. The van der Waals surface area contributed by atoms with Crippen molar-refractivity contribution >= 4 is 11.9 Å². The average molecular weight is 253 g/mol. The highest BCUT2D eigenvalue weighted by Crippen LogP contribution is 2.16. The third-order valence-electron chi connectivity index (χ3n) is 2.43. The second kappa shape index (κ2) is 5.71. The molecule has 5 heteroatoms. The van der Waals surface area contributed by atoms with E-state index in [4.69, 9.17) is 9.52 Å². The summed E-state index contributed by atoms with van der Waals surface area (Å²) in [5.74, 6) is -0.309. The van der Waals surface area contributed by atoms with Crippen LogP contribution in [0.5, 0.6) is 0 Å². The van der Waals surface area contributed by atoms with Gasteiger partial charge in [0.05, 0.1) is 0 Å². The normalized spacial score (nSPS) is 10.7. The van der Waals surface area contributed by atoms with Gasteiger partial charge in [0.1, 0.15) is 12.3 Å². The third kappa shape index (κ3) is 3.61. The molecule has 5 nitrogen and oxygen atoms in total. The summed E-state index contributed by atoms with van der Waals surface area (Å²) in [5.41, 5.74) is 0.733. The van der Waals surface area contributed by atoms with Crippen molar-refractivity contribution < 1.29 is 19.1 Å². The van der Waals surface area contributed by atoms with E-state index in [1.165, 1.54) is 4.90 Å². The molecule has 0 atom stereocenters. The van der Waals surface area contributed by atoms with E-state index >= 15 is 0 Å². The van der Waals surface area contributed by atoms with Crippen molar-refractivity contribution in [1.29, 1.82) is 0 Å². The van der Waals surface area contributed by atoms with Crippen LogP contribution in [-0.4, -0.2) is 35.0 Å². The van der Waals surface area contributed by atoms with E-state index in [1.54, 1.807) is 19.9 Å². The van der Waals surface area contributed by atoms with Gasteiger partial charge in [0.25, 0.3) is 5.91 Å². The van der Waals surface area contributed by atoms with Gasteiger partial charge in [-0.25, -0.2) is 0 Å². The number of furan rings is 1. The molecule has 0 radical (unpaired) electrons. The Morgan fingerprint density at radius 3 is 2.39 bits per heavy atom. The number of nitrogens with zero attached hydrogens (tertiary/aromatic N) is 1. The van der Waals surface area contributed by atoms with Crippen molar-refractivity contribution in [3.8, 4) is 0 Å². The van der Waals surface area contributed by atoms with Gasteiger partial charge in [0.2, 0.25) is 0 Å². The molecule has 1 amide bonds. The van der Waals surface area contributed by atoms with Gasteiger partial charge in [-0.3, -0.25) is 9.59 Å². The molecule has 1 heterocycles. The van der Waals surface area contributed by atoms with E-state index in [2.05, 4.69) is 0 Å². The molecular formula is C13H19NO4. The predicted octanol–water partition coefficient (Wildman–Crippen LogP) is 2.08. The van der Waals surface area contributed by atoms with Crippen LogP contribution in [0.15, 0.2) is 10.5 Å². The van der Waals surface area contributed by atoms with Crippen molar-refractivity contribution in [3.05, 3.63) is 23.2 Å². The Hall–Kier alpha value is -1.78. The minimum Gasteiger partial charge on any atom is -0.480 e. The fourth-order valence-corrected chi connectivity index (χ4v) is 1.82. The largest absolute Gasteiger partial charge is 0.480 e. The van der Waals surface area contributed by atoms with Crippen LogP contribution in [0.25, 0.3) is 0 Å². The molecule has 1 rings (SSSR count). The maximum absolute atomic E-state index is 12.2. The Bertz CT molecular complexity index is 448. The molecule has 0 fully saturated rings. The van der Waals surface area contributed by atoms with Gasteiger partial charge in [-0.1, -0.05) is 13.8 Å². The molecule has 18 heavy (non-hydrogen) atoms. The number of rotatable bonds is 5. The molecule has 1 aromatic rings. The first-order chi connectivity index (χ1) is 8.31. The minimum atomic E-state index is -1.02. The Kier molecular flexibility index (Phi) is 4.53. The van der Waals surface area contributed by atoms with E-state index in [9.17, 15) is 9.59 Å². The van der Waals surface area contributed by atoms with Crippen LogP contribution >= 0.6 is 0 Å². The van der Waals surface area contributed by atoms with Crippen LogP contribution in [0.3, 0.4) is 0 Å². The Balaban J connectivity index is 2.94. The van der Waals surface area contributed by atoms with Crippen molar-refractivity contribution in [3.63, 3.8) is 0 Å². The lowest BCUT2D eigenvalue weighted by Gasteiger charge is -2.21. The zero-order chi connectivity index (χ0) is 13.9. The molecule has 0 saturated heterocycles. The smallest absolute Gasteiger partial charge is 0.323 e. The molecule has 0 bridgehead atoms. The molecule has 0 aliphatic heterocycles. The molecule has 0 spiro atoms.